The van der Waals surface area contributed by atoms with Crippen LogP contribution in [0.1, 0.15) is 16.7 Å². The third kappa shape index (κ3) is 3.86. The third-order valence-corrected chi connectivity index (χ3v) is 4.74. The molecule has 1 N–H and O–H groups in total. The first-order chi connectivity index (χ1) is 12.3. The van der Waals surface area contributed by atoms with E-state index in [1.165, 1.54) is 0 Å². The van der Waals surface area contributed by atoms with Crippen LogP contribution in [0.4, 0.5) is 13.2 Å². The van der Waals surface area contributed by atoms with Gasteiger partial charge in [-0.3, -0.25) is 0 Å². The van der Waals surface area contributed by atoms with Gasteiger partial charge in [-0.05, 0) is 52.9 Å². The predicted octanol–water partition coefficient (Wildman–Crippen LogP) is 6.52. The van der Waals surface area contributed by atoms with E-state index in [-0.39, 0.29) is 5.57 Å². The quantitative estimate of drug-likeness (QED) is 0.328. The summed E-state index contributed by atoms with van der Waals surface area (Å²) in [6, 6.07) is 12.0. The summed E-state index contributed by atoms with van der Waals surface area (Å²) in [5.74, 6) is 0. The van der Waals surface area contributed by atoms with E-state index in [0.29, 0.717) is 22.6 Å². The molecule has 0 aliphatic heterocycles. The molecule has 0 bridgehead atoms. The van der Waals surface area contributed by atoms with Crippen LogP contribution < -0.4 is 0 Å². The van der Waals surface area contributed by atoms with Crippen LogP contribution in [-0.4, -0.2) is 17.1 Å². The summed E-state index contributed by atoms with van der Waals surface area (Å²) in [5.41, 5.74) is 0.970. The van der Waals surface area contributed by atoms with Crippen LogP contribution in [0.2, 0.25) is 5.02 Å². The molecule has 134 valence electrons. The van der Waals surface area contributed by atoms with E-state index in [1.807, 2.05) is 0 Å². The van der Waals surface area contributed by atoms with Gasteiger partial charge < -0.3 is 5.21 Å². The van der Waals surface area contributed by atoms with Crippen molar-refractivity contribution in [3.8, 4) is 0 Å². The number of rotatable bonds is 3. The second-order valence-corrected chi connectivity index (χ2v) is 7.06. The van der Waals surface area contributed by atoms with Crippen molar-refractivity contribution in [2.75, 3.05) is 0 Å². The molecule has 0 radical (unpaired) electrons. The van der Waals surface area contributed by atoms with Crippen molar-refractivity contribution in [1.82, 2.24) is 0 Å². The van der Waals surface area contributed by atoms with Crippen molar-refractivity contribution < 1.29 is 18.4 Å². The number of fused-ring (bicyclic) bond motifs is 1. The van der Waals surface area contributed by atoms with Gasteiger partial charge in [0.2, 0.25) is 0 Å². The molecule has 2 nitrogen and oxygen atoms in total. The van der Waals surface area contributed by atoms with Gasteiger partial charge in [0, 0.05) is 15.1 Å². The van der Waals surface area contributed by atoms with Crippen molar-refractivity contribution in [2.24, 2.45) is 5.16 Å². The summed E-state index contributed by atoms with van der Waals surface area (Å²) in [7, 11) is 0. The van der Waals surface area contributed by atoms with Gasteiger partial charge in [0.25, 0.3) is 0 Å². The number of allylic oxidation sites excluding steroid dienone is 3. The Morgan fingerprint density at radius 3 is 2.42 bits per heavy atom. The minimum absolute atomic E-state index is 0.104. The molecule has 3 rings (SSSR count). The summed E-state index contributed by atoms with van der Waals surface area (Å²) >= 11 is 9.17. The van der Waals surface area contributed by atoms with Gasteiger partial charge in [0.05, 0.1) is 0 Å². The summed E-state index contributed by atoms with van der Waals surface area (Å²) < 4.78 is 40.8. The number of hydrogen-bond acceptors (Lipinski definition) is 2. The second-order valence-electron chi connectivity index (χ2n) is 5.71. The number of alkyl halides is 3. The van der Waals surface area contributed by atoms with Crippen LogP contribution in [0.25, 0.3) is 11.6 Å². The van der Waals surface area contributed by atoms with E-state index < -0.39 is 11.9 Å². The fraction of sp³-hybridized carbons (Fsp3) is 0.105. The average molecular weight is 443 g/mol. The lowest BCUT2D eigenvalue weighted by Crippen LogP contribution is -2.24. The van der Waals surface area contributed by atoms with Gasteiger partial charge in [-0.15, -0.1) is 0 Å². The molecule has 0 saturated carbocycles. The number of benzene rings is 2. The molecule has 26 heavy (non-hydrogen) atoms. The van der Waals surface area contributed by atoms with E-state index in [2.05, 4.69) is 21.1 Å². The van der Waals surface area contributed by atoms with Crippen LogP contribution in [-0.2, 0) is 6.42 Å². The third-order valence-electron chi connectivity index (χ3n) is 3.99. The molecule has 1 aliphatic carbocycles. The standard InChI is InChI=1S/C19H12BrClF3NO/c20-14-5-8-16-13(10-14)9-12(17(16)18(25-26)19(22,23)24)4-1-11-2-6-15(21)7-3-11/h1-8,10,26H,9H2/b4-1+,25-18?. The van der Waals surface area contributed by atoms with Crippen molar-refractivity contribution in [3.05, 3.63) is 80.3 Å². The number of nitrogens with zero attached hydrogens (tertiary/aromatic N) is 1. The summed E-state index contributed by atoms with van der Waals surface area (Å²) in [5, 5.41) is 12.1. The lowest BCUT2D eigenvalue weighted by molar-refractivity contribution is -0.0591. The largest absolute Gasteiger partial charge is 0.437 e. The molecule has 0 fully saturated rings. The predicted molar refractivity (Wildman–Crippen MR) is 101 cm³/mol. The van der Waals surface area contributed by atoms with Crippen LogP contribution in [0.3, 0.4) is 0 Å². The van der Waals surface area contributed by atoms with Crippen molar-refractivity contribution >= 4 is 44.9 Å². The van der Waals surface area contributed by atoms with Gasteiger partial charge in [-0.1, -0.05) is 63.0 Å². The van der Waals surface area contributed by atoms with Crippen LogP contribution in [0, 0.1) is 0 Å². The highest BCUT2D eigenvalue weighted by Gasteiger charge is 2.42. The zero-order valence-electron chi connectivity index (χ0n) is 13.2. The molecular weight excluding hydrogens is 431 g/mol. The highest BCUT2D eigenvalue weighted by molar-refractivity contribution is 9.10. The van der Waals surface area contributed by atoms with Crippen molar-refractivity contribution in [2.45, 2.75) is 12.6 Å². The average Bonchev–Trinajstić information content (AvgIpc) is 2.91. The first kappa shape index (κ1) is 18.7. The molecule has 2 aromatic rings. The molecule has 0 atom stereocenters. The van der Waals surface area contributed by atoms with Crippen LogP contribution in [0.5, 0.6) is 0 Å². The van der Waals surface area contributed by atoms with Gasteiger partial charge in [0.15, 0.2) is 5.71 Å². The van der Waals surface area contributed by atoms with E-state index in [0.717, 1.165) is 15.6 Å². The second kappa shape index (κ2) is 7.29. The molecule has 1 aliphatic rings. The van der Waals surface area contributed by atoms with Gasteiger partial charge >= 0.3 is 6.18 Å². The Morgan fingerprint density at radius 1 is 1.12 bits per heavy atom. The number of hydrogen-bond donors (Lipinski definition) is 1. The zero-order valence-corrected chi connectivity index (χ0v) is 15.5. The minimum Gasteiger partial charge on any atom is -0.410 e. The number of halogens is 5. The Kier molecular flexibility index (Phi) is 5.25. The smallest absolute Gasteiger partial charge is 0.410 e. The SMILES string of the molecule is ON=C(C1=C(/C=C/c2ccc(Cl)cc2)Cc2cc(Br)ccc21)C(F)(F)F. The molecule has 0 heterocycles. The summed E-state index contributed by atoms with van der Waals surface area (Å²) in [6.07, 6.45) is -1.14. The first-order valence-electron chi connectivity index (χ1n) is 7.55. The topological polar surface area (TPSA) is 32.6 Å². The van der Waals surface area contributed by atoms with E-state index >= 15 is 0 Å². The van der Waals surface area contributed by atoms with Crippen LogP contribution >= 0.6 is 27.5 Å². The van der Waals surface area contributed by atoms with Gasteiger partial charge in [-0.25, -0.2) is 0 Å². The van der Waals surface area contributed by atoms with E-state index in [4.69, 9.17) is 16.8 Å². The van der Waals surface area contributed by atoms with E-state index in [1.54, 1.807) is 54.6 Å². The van der Waals surface area contributed by atoms with Gasteiger partial charge in [-0.2, -0.15) is 13.2 Å². The fourth-order valence-electron chi connectivity index (χ4n) is 2.86. The highest BCUT2D eigenvalue weighted by Crippen LogP contribution is 2.40. The van der Waals surface area contributed by atoms with Crippen molar-refractivity contribution in [1.29, 1.82) is 0 Å². The Morgan fingerprint density at radius 2 is 1.81 bits per heavy atom. The fourth-order valence-corrected chi connectivity index (χ4v) is 3.39. The number of oxime groups is 1. The molecule has 0 aromatic heterocycles. The maximum absolute atomic E-state index is 13.4. The normalized spacial score (nSPS) is 15.0. The van der Waals surface area contributed by atoms with E-state index in [9.17, 15) is 13.2 Å². The van der Waals surface area contributed by atoms with Crippen molar-refractivity contribution in [3.63, 3.8) is 0 Å². The minimum atomic E-state index is -4.77. The molecule has 0 amide bonds. The highest BCUT2D eigenvalue weighted by atomic mass is 79.9. The summed E-state index contributed by atoms with van der Waals surface area (Å²) in [4.78, 5) is 0. The Bertz CT molecular complexity index is 931. The molecule has 2 aromatic carbocycles. The maximum atomic E-state index is 13.4. The molecule has 0 unspecified atom stereocenters. The molecule has 0 spiro atoms. The Hall–Kier alpha value is -2.05. The maximum Gasteiger partial charge on any atom is 0.437 e. The lowest BCUT2D eigenvalue weighted by Gasteiger charge is -2.12. The summed E-state index contributed by atoms with van der Waals surface area (Å²) in [6.45, 7) is 0. The molecular formula is C19H12BrClF3NO. The lowest BCUT2D eigenvalue weighted by atomic mass is 10.00. The monoisotopic (exact) mass is 441 g/mol. The zero-order chi connectivity index (χ0) is 18.9. The van der Waals surface area contributed by atoms with Gasteiger partial charge in [0.1, 0.15) is 0 Å². The molecule has 0 saturated heterocycles. The Labute approximate surface area is 161 Å². The van der Waals surface area contributed by atoms with Crippen LogP contribution in [0.15, 0.2) is 63.7 Å². The first-order valence-corrected chi connectivity index (χ1v) is 8.72. The Balaban J connectivity index is 2.09. The molecule has 7 heteroatoms.